The molecule has 0 fully saturated rings. The summed E-state index contributed by atoms with van der Waals surface area (Å²) in [6.45, 7) is 2.09. The van der Waals surface area contributed by atoms with Gasteiger partial charge < -0.3 is 0 Å². The Balaban J connectivity index is 2.65. The number of nitrogens with zero attached hydrogens (tertiary/aromatic N) is 1. The third-order valence-corrected chi connectivity index (χ3v) is 2.47. The van der Waals surface area contributed by atoms with Crippen molar-refractivity contribution >= 4 is 0 Å². The van der Waals surface area contributed by atoms with Gasteiger partial charge in [-0.05, 0) is 29.2 Å². The number of aryl methyl sites for hydroxylation is 1. The van der Waals surface area contributed by atoms with Crippen molar-refractivity contribution in [2.75, 3.05) is 0 Å². The van der Waals surface area contributed by atoms with Crippen molar-refractivity contribution in [1.82, 2.24) is 0 Å². The maximum Gasteiger partial charge on any atom is 0.0669 e. The lowest BCUT2D eigenvalue weighted by molar-refractivity contribution is 1.28. The standard InChI is InChI=1S/C13H11N/c1-10-9-11(7-8-14)13-6-4-2-3-5-12(10)13/h2-6,9H,7H2,1H3. The first-order chi connectivity index (χ1) is 6.83. The first kappa shape index (κ1) is 8.77. The Morgan fingerprint density at radius 1 is 1.14 bits per heavy atom. The molecule has 0 unspecified atom stereocenters. The van der Waals surface area contributed by atoms with Crippen molar-refractivity contribution in [3.63, 3.8) is 0 Å². The second kappa shape index (κ2) is 3.51. The average Bonchev–Trinajstić information content (AvgIpc) is 2.41. The summed E-state index contributed by atoms with van der Waals surface area (Å²) in [5.41, 5.74) is 4.84. The van der Waals surface area contributed by atoms with Gasteiger partial charge in [0.15, 0.2) is 0 Å². The molecule has 1 heteroatoms. The fraction of sp³-hybridized carbons (Fsp3) is 0.154. The third-order valence-electron chi connectivity index (χ3n) is 2.47. The molecular formula is C13H11N. The molecule has 0 N–H and O–H groups in total. The quantitative estimate of drug-likeness (QED) is 0.663. The smallest absolute Gasteiger partial charge is 0.0669 e. The van der Waals surface area contributed by atoms with E-state index in [0.29, 0.717) is 6.42 Å². The van der Waals surface area contributed by atoms with Gasteiger partial charge in [-0.3, -0.25) is 0 Å². The minimum absolute atomic E-state index is 0.494. The monoisotopic (exact) mass is 181 g/mol. The number of nitriles is 1. The number of fused-ring (bicyclic) bond motifs is 1. The van der Waals surface area contributed by atoms with Gasteiger partial charge in [0.25, 0.3) is 0 Å². The van der Waals surface area contributed by atoms with Gasteiger partial charge in [-0.1, -0.05) is 36.4 Å². The molecule has 0 atom stereocenters. The molecule has 0 aromatic carbocycles. The molecule has 68 valence electrons. The molecule has 0 aromatic heterocycles. The second-order valence-corrected chi connectivity index (χ2v) is 3.43. The Morgan fingerprint density at radius 3 is 2.57 bits per heavy atom. The van der Waals surface area contributed by atoms with E-state index in [1.165, 1.54) is 16.7 Å². The van der Waals surface area contributed by atoms with Crippen molar-refractivity contribution in [1.29, 1.82) is 5.26 Å². The van der Waals surface area contributed by atoms with Crippen LogP contribution in [0.1, 0.15) is 11.1 Å². The van der Waals surface area contributed by atoms with Crippen molar-refractivity contribution in [2.45, 2.75) is 13.3 Å². The molecule has 0 spiro atoms. The molecule has 0 saturated heterocycles. The van der Waals surface area contributed by atoms with Crippen molar-refractivity contribution in [2.24, 2.45) is 0 Å². The predicted octanol–water partition coefficient (Wildman–Crippen LogP) is 3.17. The van der Waals surface area contributed by atoms with Crippen LogP contribution >= 0.6 is 0 Å². The van der Waals surface area contributed by atoms with E-state index in [1.807, 2.05) is 18.2 Å². The fourth-order valence-electron chi connectivity index (χ4n) is 1.82. The summed E-state index contributed by atoms with van der Waals surface area (Å²) in [7, 11) is 0. The largest absolute Gasteiger partial charge is 0.198 e. The van der Waals surface area contributed by atoms with Crippen LogP contribution in [-0.4, -0.2) is 0 Å². The van der Waals surface area contributed by atoms with E-state index in [0.717, 1.165) is 5.56 Å². The maximum atomic E-state index is 8.70. The van der Waals surface area contributed by atoms with E-state index in [9.17, 15) is 0 Å². The van der Waals surface area contributed by atoms with Gasteiger partial charge in [0.05, 0.1) is 12.5 Å². The molecule has 0 saturated carbocycles. The van der Waals surface area contributed by atoms with Crippen LogP contribution in [-0.2, 0) is 6.42 Å². The lowest BCUT2D eigenvalue weighted by atomic mass is 10.1. The van der Waals surface area contributed by atoms with Gasteiger partial charge in [-0.15, -0.1) is 0 Å². The number of rotatable bonds is 1. The minimum Gasteiger partial charge on any atom is -0.198 e. The first-order valence-electron chi connectivity index (χ1n) is 4.67. The lowest BCUT2D eigenvalue weighted by Gasteiger charge is -1.95. The number of hydrogen-bond acceptors (Lipinski definition) is 1. The molecule has 0 amide bonds. The topological polar surface area (TPSA) is 23.8 Å². The third kappa shape index (κ3) is 1.36. The molecule has 2 rings (SSSR count). The van der Waals surface area contributed by atoms with Crippen molar-refractivity contribution in [3.8, 4) is 17.2 Å². The normalized spacial score (nSPS) is 10.0. The van der Waals surface area contributed by atoms with Crippen LogP contribution in [0.5, 0.6) is 0 Å². The molecule has 1 nitrogen and oxygen atoms in total. The molecule has 0 heterocycles. The van der Waals surface area contributed by atoms with Crippen LogP contribution in [0.3, 0.4) is 0 Å². The fourth-order valence-corrected chi connectivity index (χ4v) is 1.82. The van der Waals surface area contributed by atoms with Gasteiger partial charge in [-0.25, -0.2) is 0 Å². The molecule has 2 aliphatic rings. The van der Waals surface area contributed by atoms with Crippen LogP contribution in [0.15, 0.2) is 36.4 Å². The van der Waals surface area contributed by atoms with Crippen molar-refractivity contribution < 1.29 is 0 Å². The highest BCUT2D eigenvalue weighted by molar-refractivity contribution is 5.74. The molecule has 0 radical (unpaired) electrons. The van der Waals surface area contributed by atoms with Gasteiger partial charge in [-0.2, -0.15) is 5.26 Å². The summed E-state index contributed by atoms with van der Waals surface area (Å²) in [6.07, 6.45) is 0.494. The van der Waals surface area contributed by atoms with Crippen LogP contribution in [0, 0.1) is 18.3 Å². The van der Waals surface area contributed by atoms with Gasteiger partial charge >= 0.3 is 0 Å². The second-order valence-electron chi connectivity index (χ2n) is 3.43. The Hall–Kier alpha value is -1.81. The Labute approximate surface area is 84.0 Å². The van der Waals surface area contributed by atoms with E-state index >= 15 is 0 Å². The van der Waals surface area contributed by atoms with Gasteiger partial charge in [0, 0.05) is 0 Å². The highest BCUT2D eigenvalue weighted by atomic mass is 14.2. The van der Waals surface area contributed by atoms with Crippen molar-refractivity contribution in [3.05, 3.63) is 47.5 Å². The number of hydrogen-bond donors (Lipinski definition) is 0. The molecule has 0 aliphatic heterocycles. The lowest BCUT2D eigenvalue weighted by Crippen LogP contribution is -1.78. The summed E-state index contributed by atoms with van der Waals surface area (Å²) in [5.74, 6) is 0. The van der Waals surface area contributed by atoms with Crippen LogP contribution in [0.2, 0.25) is 0 Å². The SMILES string of the molecule is Cc1cc(CC#N)c2cccccc1-2. The highest BCUT2D eigenvalue weighted by Gasteiger charge is 2.10. The molecule has 2 aliphatic carbocycles. The first-order valence-corrected chi connectivity index (χ1v) is 4.67. The van der Waals surface area contributed by atoms with Crippen LogP contribution in [0.4, 0.5) is 0 Å². The van der Waals surface area contributed by atoms with Crippen LogP contribution < -0.4 is 0 Å². The molecule has 0 bridgehead atoms. The molecule has 0 aromatic rings. The van der Waals surface area contributed by atoms with Gasteiger partial charge in [0.1, 0.15) is 0 Å². The molecule has 14 heavy (non-hydrogen) atoms. The zero-order valence-electron chi connectivity index (χ0n) is 8.12. The Bertz CT molecular complexity index is 465. The van der Waals surface area contributed by atoms with E-state index in [1.54, 1.807) is 0 Å². The van der Waals surface area contributed by atoms with Crippen LogP contribution in [0.25, 0.3) is 11.1 Å². The zero-order chi connectivity index (χ0) is 9.97. The summed E-state index contributed by atoms with van der Waals surface area (Å²) < 4.78 is 0. The van der Waals surface area contributed by atoms with E-state index in [-0.39, 0.29) is 0 Å². The Kier molecular flexibility index (Phi) is 2.20. The average molecular weight is 181 g/mol. The molecular weight excluding hydrogens is 170 g/mol. The minimum atomic E-state index is 0.494. The maximum absolute atomic E-state index is 8.70. The summed E-state index contributed by atoms with van der Waals surface area (Å²) in [5, 5.41) is 8.70. The van der Waals surface area contributed by atoms with E-state index in [4.69, 9.17) is 5.26 Å². The summed E-state index contributed by atoms with van der Waals surface area (Å²) >= 11 is 0. The van der Waals surface area contributed by atoms with Gasteiger partial charge in [0.2, 0.25) is 0 Å². The van der Waals surface area contributed by atoms with E-state index in [2.05, 4.69) is 31.2 Å². The zero-order valence-corrected chi connectivity index (χ0v) is 8.12. The van der Waals surface area contributed by atoms with E-state index < -0.39 is 0 Å². The summed E-state index contributed by atoms with van der Waals surface area (Å²) in [6, 6.07) is 14.5. The highest BCUT2D eigenvalue weighted by Crippen LogP contribution is 2.31. The predicted molar refractivity (Wildman–Crippen MR) is 57.1 cm³/mol. The summed E-state index contributed by atoms with van der Waals surface area (Å²) in [4.78, 5) is 0. The Morgan fingerprint density at radius 2 is 1.86 bits per heavy atom.